The van der Waals surface area contributed by atoms with Gasteiger partial charge in [-0.2, -0.15) is 5.10 Å². The van der Waals surface area contributed by atoms with Gasteiger partial charge in [0.25, 0.3) is 0 Å². The highest BCUT2D eigenvalue weighted by atomic mass is 16.5. The van der Waals surface area contributed by atoms with Gasteiger partial charge in [-0.3, -0.25) is 0 Å². The van der Waals surface area contributed by atoms with Crippen LogP contribution in [-0.4, -0.2) is 21.9 Å². The van der Waals surface area contributed by atoms with E-state index in [9.17, 15) is 0 Å². The molecule has 2 heterocycles. The van der Waals surface area contributed by atoms with Crippen molar-refractivity contribution in [2.75, 3.05) is 17.7 Å². The average molecular weight is 371 g/mol. The van der Waals surface area contributed by atoms with Crippen molar-refractivity contribution in [1.29, 1.82) is 0 Å². The fourth-order valence-corrected chi connectivity index (χ4v) is 2.86. The minimum absolute atomic E-state index is 0.685. The summed E-state index contributed by atoms with van der Waals surface area (Å²) in [5.41, 5.74) is 4.07. The monoisotopic (exact) mass is 371 g/mol. The van der Waals surface area contributed by atoms with Crippen LogP contribution in [0.2, 0.25) is 0 Å². The van der Waals surface area contributed by atoms with Gasteiger partial charge in [0.2, 0.25) is 0 Å². The Kier molecular flexibility index (Phi) is 5.20. The Balaban J connectivity index is 1.38. The van der Waals surface area contributed by atoms with E-state index in [1.165, 1.54) is 0 Å². The highest BCUT2D eigenvalue weighted by Gasteiger charge is 2.01. The first-order chi connectivity index (χ1) is 13.8. The number of rotatable bonds is 7. The maximum absolute atomic E-state index is 5.25. The van der Waals surface area contributed by atoms with Crippen LogP contribution in [0.5, 0.6) is 5.75 Å². The Morgan fingerprint density at radius 2 is 1.89 bits per heavy atom. The van der Waals surface area contributed by atoms with Crippen molar-refractivity contribution in [1.82, 2.24) is 14.8 Å². The van der Waals surface area contributed by atoms with Crippen LogP contribution in [0.1, 0.15) is 5.56 Å². The molecule has 0 fully saturated rings. The minimum atomic E-state index is 0.685. The molecule has 0 saturated heterocycles. The van der Waals surface area contributed by atoms with Crippen molar-refractivity contribution in [3.05, 3.63) is 90.9 Å². The van der Waals surface area contributed by atoms with Crippen LogP contribution < -0.4 is 15.4 Å². The van der Waals surface area contributed by atoms with Gasteiger partial charge in [0.05, 0.1) is 24.7 Å². The zero-order chi connectivity index (χ0) is 19.2. The van der Waals surface area contributed by atoms with Gasteiger partial charge in [0.1, 0.15) is 11.6 Å². The highest BCUT2D eigenvalue weighted by Crippen LogP contribution is 2.21. The second-order valence-corrected chi connectivity index (χ2v) is 6.26. The Morgan fingerprint density at radius 1 is 0.964 bits per heavy atom. The lowest BCUT2D eigenvalue weighted by Crippen LogP contribution is -2.03. The molecule has 0 radical (unpaired) electrons. The molecule has 0 amide bonds. The third kappa shape index (κ3) is 4.29. The summed E-state index contributed by atoms with van der Waals surface area (Å²) in [5, 5.41) is 10.9. The molecule has 2 aromatic heterocycles. The average Bonchev–Trinajstić information content (AvgIpc) is 3.29. The van der Waals surface area contributed by atoms with Gasteiger partial charge in [-0.15, -0.1) is 0 Å². The summed E-state index contributed by atoms with van der Waals surface area (Å²) in [6.07, 6.45) is 5.51. The maximum Gasteiger partial charge on any atom is 0.126 e. The Hall–Kier alpha value is -3.80. The fraction of sp³-hybridized carbons (Fsp3) is 0.0909. The van der Waals surface area contributed by atoms with Crippen LogP contribution in [-0.2, 0) is 6.54 Å². The van der Waals surface area contributed by atoms with Gasteiger partial charge in [-0.1, -0.05) is 18.2 Å². The smallest absolute Gasteiger partial charge is 0.126 e. The number of hydrogen-bond acceptors (Lipinski definition) is 5. The second-order valence-electron chi connectivity index (χ2n) is 6.26. The summed E-state index contributed by atoms with van der Waals surface area (Å²) in [6, 6.07) is 21.9. The molecular weight excluding hydrogens is 350 g/mol. The third-order valence-electron chi connectivity index (χ3n) is 4.28. The van der Waals surface area contributed by atoms with Crippen molar-refractivity contribution in [2.45, 2.75) is 6.54 Å². The lowest BCUT2D eigenvalue weighted by Gasteiger charge is -2.10. The number of methoxy groups -OCH3 is 1. The molecule has 0 aliphatic rings. The lowest BCUT2D eigenvalue weighted by molar-refractivity contribution is 0.415. The van der Waals surface area contributed by atoms with Crippen molar-refractivity contribution >= 4 is 17.2 Å². The van der Waals surface area contributed by atoms with E-state index < -0.39 is 0 Å². The number of hydrogen-bond donors (Lipinski definition) is 2. The van der Waals surface area contributed by atoms with E-state index in [2.05, 4.69) is 32.8 Å². The van der Waals surface area contributed by atoms with E-state index in [0.29, 0.717) is 6.54 Å². The van der Waals surface area contributed by atoms with Gasteiger partial charge in [-0.25, -0.2) is 9.67 Å². The predicted octanol–water partition coefficient (Wildman–Crippen LogP) is 4.63. The van der Waals surface area contributed by atoms with Gasteiger partial charge in [0, 0.05) is 30.7 Å². The molecule has 0 atom stereocenters. The van der Waals surface area contributed by atoms with E-state index in [1.807, 2.05) is 71.7 Å². The number of ether oxygens (including phenoxy) is 1. The molecule has 0 bridgehead atoms. The molecule has 0 aliphatic heterocycles. The Bertz CT molecular complexity index is 1030. The molecule has 6 nitrogen and oxygen atoms in total. The molecule has 2 aromatic carbocycles. The van der Waals surface area contributed by atoms with Crippen LogP contribution in [0.4, 0.5) is 17.2 Å². The molecule has 28 heavy (non-hydrogen) atoms. The molecule has 2 N–H and O–H groups in total. The molecule has 0 saturated carbocycles. The molecule has 0 spiro atoms. The molecular formula is C22H21N5O. The summed E-state index contributed by atoms with van der Waals surface area (Å²) in [6.45, 7) is 0.685. The van der Waals surface area contributed by atoms with Crippen LogP contribution in [0.15, 0.2) is 85.3 Å². The Morgan fingerprint density at radius 3 is 2.68 bits per heavy atom. The fourth-order valence-electron chi connectivity index (χ4n) is 2.86. The number of nitrogens with zero attached hydrogens (tertiary/aromatic N) is 3. The predicted molar refractivity (Wildman–Crippen MR) is 111 cm³/mol. The summed E-state index contributed by atoms with van der Waals surface area (Å²) >= 11 is 0. The molecule has 4 aromatic rings. The van der Waals surface area contributed by atoms with Crippen molar-refractivity contribution in [3.8, 4) is 11.4 Å². The van der Waals surface area contributed by atoms with Gasteiger partial charge in [0.15, 0.2) is 0 Å². The molecule has 0 unspecified atom stereocenters. The summed E-state index contributed by atoms with van der Waals surface area (Å²) in [7, 11) is 1.66. The number of aromatic nitrogens is 3. The quantitative estimate of drug-likeness (QED) is 0.496. The largest absolute Gasteiger partial charge is 0.497 e. The molecule has 6 heteroatoms. The minimum Gasteiger partial charge on any atom is -0.497 e. The van der Waals surface area contributed by atoms with Crippen molar-refractivity contribution in [2.24, 2.45) is 0 Å². The van der Waals surface area contributed by atoms with E-state index in [1.54, 1.807) is 13.3 Å². The number of nitrogens with one attached hydrogen (secondary N) is 2. The van der Waals surface area contributed by atoms with Crippen molar-refractivity contribution in [3.63, 3.8) is 0 Å². The SMILES string of the molecule is COc1cccc(Nc2ccc(NCc3cccc(-n4cccn4)c3)nc2)c1. The summed E-state index contributed by atoms with van der Waals surface area (Å²) in [5.74, 6) is 1.63. The number of pyridine rings is 1. The molecule has 140 valence electrons. The maximum atomic E-state index is 5.25. The number of benzene rings is 2. The normalized spacial score (nSPS) is 10.5. The zero-order valence-electron chi connectivity index (χ0n) is 15.5. The second kappa shape index (κ2) is 8.26. The van der Waals surface area contributed by atoms with Crippen molar-refractivity contribution < 1.29 is 4.74 Å². The Labute approximate surface area is 163 Å². The lowest BCUT2D eigenvalue weighted by atomic mass is 10.2. The number of anilines is 3. The highest BCUT2D eigenvalue weighted by molar-refractivity contribution is 5.61. The molecule has 0 aliphatic carbocycles. The topological polar surface area (TPSA) is 64.0 Å². The van der Waals surface area contributed by atoms with Crippen LogP contribution in [0.3, 0.4) is 0 Å². The first kappa shape index (κ1) is 17.6. The van der Waals surface area contributed by atoms with Gasteiger partial charge in [-0.05, 0) is 48.0 Å². The van der Waals surface area contributed by atoms with Gasteiger partial charge < -0.3 is 15.4 Å². The van der Waals surface area contributed by atoms with Gasteiger partial charge >= 0.3 is 0 Å². The molecule has 4 rings (SSSR count). The van der Waals surface area contributed by atoms with E-state index >= 15 is 0 Å². The van der Waals surface area contributed by atoms with E-state index in [4.69, 9.17) is 4.74 Å². The standard InChI is InChI=1S/C22H21N5O/c1-28-21-8-3-6-18(14-21)26-19-9-10-22(24-16-19)23-15-17-5-2-7-20(13-17)27-12-4-11-25-27/h2-14,16,26H,15H2,1H3,(H,23,24). The zero-order valence-corrected chi connectivity index (χ0v) is 15.5. The summed E-state index contributed by atoms with van der Waals surface area (Å²) < 4.78 is 7.09. The van der Waals surface area contributed by atoms with Crippen LogP contribution in [0.25, 0.3) is 5.69 Å². The van der Waals surface area contributed by atoms with Crippen LogP contribution in [0, 0.1) is 0 Å². The first-order valence-electron chi connectivity index (χ1n) is 9.00. The van der Waals surface area contributed by atoms with Crippen LogP contribution >= 0.6 is 0 Å². The van der Waals surface area contributed by atoms with E-state index in [0.717, 1.165) is 34.2 Å². The summed E-state index contributed by atoms with van der Waals surface area (Å²) in [4.78, 5) is 4.48. The third-order valence-corrected chi connectivity index (χ3v) is 4.28. The first-order valence-corrected chi connectivity index (χ1v) is 9.00. The van der Waals surface area contributed by atoms with E-state index in [-0.39, 0.29) is 0 Å².